The van der Waals surface area contributed by atoms with Crippen molar-refractivity contribution < 1.29 is 4.39 Å². The molecule has 0 saturated carbocycles. The Morgan fingerprint density at radius 1 is 1.53 bits per heavy atom. The molecular weight excluding hydrogens is 257 g/mol. The summed E-state index contributed by atoms with van der Waals surface area (Å²) in [4.78, 5) is 0. The molecule has 0 spiro atoms. The number of nitrogens with one attached hydrogen (secondary N) is 1. The van der Waals surface area contributed by atoms with Crippen molar-refractivity contribution in [2.24, 2.45) is 0 Å². The molecule has 0 atom stereocenters. The van der Waals surface area contributed by atoms with Gasteiger partial charge in [0.1, 0.15) is 5.82 Å². The van der Waals surface area contributed by atoms with Gasteiger partial charge in [-0.05, 0) is 30.2 Å². The third-order valence-electron chi connectivity index (χ3n) is 2.20. The Morgan fingerprint density at radius 2 is 2.27 bits per heavy atom. The molecule has 0 radical (unpaired) electrons. The zero-order valence-electron chi connectivity index (χ0n) is 8.82. The van der Waals surface area contributed by atoms with E-state index < -0.39 is 0 Å². The highest BCUT2D eigenvalue weighted by molar-refractivity contribution is 9.10. The summed E-state index contributed by atoms with van der Waals surface area (Å²) in [5.74, 6) is -0.204. The molecule has 0 unspecified atom stereocenters. The van der Waals surface area contributed by atoms with Crippen LogP contribution in [0.2, 0.25) is 0 Å². The van der Waals surface area contributed by atoms with Gasteiger partial charge in [0.05, 0.1) is 0 Å². The molecule has 1 aromatic rings. The number of hydrogen-bond acceptors (Lipinski definition) is 1. The largest absolute Gasteiger partial charge is 0.309 e. The molecule has 15 heavy (non-hydrogen) atoms. The van der Waals surface area contributed by atoms with Crippen LogP contribution in [0.4, 0.5) is 4.39 Å². The molecule has 0 amide bonds. The molecule has 1 nitrogen and oxygen atoms in total. The van der Waals surface area contributed by atoms with Gasteiger partial charge in [-0.25, -0.2) is 4.39 Å². The molecule has 1 N–H and O–H groups in total. The summed E-state index contributed by atoms with van der Waals surface area (Å²) in [5.41, 5.74) is 2.08. The van der Waals surface area contributed by atoms with Crippen LogP contribution in [0.1, 0.15) is 18.9 Å². The van der Waals surface area contributed by atoms with Gasteiger partial charge in [0.25, 0.3) is 0 Å². The Balaban J connectivity index is 2.50. The third-order valence-corrected chi connectivity index (χ3v) is 2.97. The quantitative estimate of drug-likeness (QED) is 0.807. The van der Waals surface area contributed by atoms with Gasteiger partial charge in [0.2, 0.25) is 0 Å². The molecule has 0 fully saturated rings. The van der Waals surface area contributed by atoms with Crippen LogP contribution in [0.15, 0.2) is 34.8 Å². The van der Waals surface area contributed by atoms with Gasteiger partial charge in [0, 0.05) is 17.6 Å². The molecule has 0 saturated heterocycles. The van der Waals surface area contributed by atoms with E-state index in [9.17, 15) is 4.39 Å². The maximum absolute atomic E-state index is 12.9. The van der Waals surface area contributed by atoms with E-state index in [0.717, 1.165) is 28.6 Å². The van der Waals surface area contributed by atoms with Gasteiger partial charge in [-0.3, -0.25) is 0 Å². The number of hydrogen-bond donors (Lipinski definition) is 1. The maximum atomic E-state index is 12.9. The standard InChI is InChI=1S/C12H15BrFN/c1-3-9(2)7-15-8-10-6-11(14)4-5-12(10)13/h4-6,15H,2-3,7-8H2,1H3. The molecule has 3 heteroatoms. The molecule has 82 valence electrons. The molecule has 0 aliphatic rings. The highest BCUT2D eigenvalue weighted by Gasteiger charge is 2.01. The van der Waals surface area contributed by atoms with Crippen molar-refractivity contribution >= 4 is 15.9 Å². The predicted molar refractivity (Wildman–Crippen MR) is 65.2 cm³/mol. The molecular formula is C12H15BrFN. The van der Waals surface area contributed by atoms with Gasteiger partial charge in [-0.2, -0.15) is 0 Å². The van der Waals surface area contributed by atoms with Crippen molar-refractivity contribution in [1.82, 2.24) is 5.32 Å². The van der Waals surface area contributed by atoms with Crippen LogP contribution in [-0.4, -0.2) is 6.54 Å². The van der Waals surface area contributed by atoms with Crippen molar-refractivity contribution in [1.29, 1.82) is 0 Å². The van der Waals surface area contributed by atoms with Crippen LogP contribution in [-0.2, 0) is 6.54 Å². The van der Waals surface area contributed by atoms with Gasteiger partial charge < -0.3 is 5.32 Å². The fourth-order valence-electron chi connectivity index (χ4n) is 1.18. The Bertz CT molecular complexity index is 349. The first-order chi connectivity index (χ1) is 7.13. The summed E-state index contributed by atoms with van der Waals surface area (Å²) in [7, 11) is 0. The zero-order valence-corrected chi connectivity index (χ0v) is 10.4. The van der Waals surface area contributed by atoms with Gasteiger partial charge in [0.15, 0.2) is 0 Å². The average molecular weight is 272 g/mol. The molecule has 1 rings (SSSR count). The first-order valence-corrected chi connectivity index (χ1v) is 5.74. The van der Waals surface area contributed by atoms with Crippen molar-refractivity contribution in [3.05, 3.63) is 46.2 Å². The summed E-state index contributed by atoms with van der Waals surface area (Å²) in [5, 5.41) is 3.22. The molecule has 0 aromatic heterocycles. The summed E-state index contributed by atoms with van der Waals surface area (Å²) in [6, 6.07) is 4.70. The van der Waals surface area contributed by atoms with Crippen LogP contribution in [0.5, 0.6) is 0 Å². The maximum Gasteiger partial charge on any atom is 0.123 e. The topological polar surface area (TPSA) is 12.0 Å². The van der Waals surface area contributed by atoms with E-state index in [0.29, 0.717) is 6.54 Å². The second kappa shape index (κ2) is 6.03. The number of halogens is 2. The van der Waals surface area contributed by atoms with Crippen molar-refractivity contribution in [2.75, 3.05) is 6.54 Å². The smallest absolute Gasteiger partial charge is 0.123 e. The third kappa shape index (κ3) is 4.14. The van der Waals surface area contributed by atoms with Crippen LogP contribution in [0.25, 0.3) is 0 Å². The van der Waals surface area contributed by atoms with E-state index in [1.54, 1.807) is 6.07 Å². The highest BCUT2D eigenvalue weighted by Crippen LogP contribution is 2.17. The van der Waals surface area contributed by atoms with E-state index >= 15 is 0 Å². The van der Waals surface area contributed by atoms with Crippen molar-refractivity contribution in [3.8, 4) is 0 Å². The van der Waals surface area contributed by atoms with E-state index in [1.807, 2.05) is 0 Å². The molecule has 0 heterocycles. The fourth-order valence-corrected chi connectivity index (χ4v) is 1.56. The minimum Gasteiger partial charge on any atom is -0.309 e. The van der Waals surface area contributed by atoms with Gasteiger partial charge >= 0.3 is 0 Å². The Hall–Kier alpha value is -0.670. The van der Waals surface area contributed by atoms with Gasteiger partial charge in [-0.15, -0.1) is 0 Å². The molecule has 0 aliphatic carbocycles. The Labute approximate surface area is 98.5 Å². The monoisotopic (exact) mass is 271 g/mol. The van der Waals surface area contributed by atoms with E-state index in [-0.39, 0.29) is 5.82 Å². The average Bonchev–Trinajstić information content (AvgIpc) is 2.23. The Morgan fingerprint density at radius 3 is 2.93 bits per heavy atom. The first kappa shape index (κ1) is 12.4. The Kier molecular flexibility index (Phi) is 4.99. The summed E-state index contributed by atoms with van der Waals surface area (Å²) < 4.78 is 13.9. The van der Waals surface area contributed by atoms with E-state index in [1.165, 1.54) is 12.1 Å². The normalized spacial score (nSPS) is 10.3. The SMILES string of the molecule is C=C(CC)CNCc1cc(F)ccc1Br. The molecule has 1 aromatic carbocycles. The highest BCUT2D eigenvalue weighted by atomic mass is 79.9. The van der Waals surface area contributed by atoms with Crippen LogP contribution < -0.4 is 5.32 Å². The van der Waals surface area contributed by atoms with Crippen LogP contribution in [0, 0.1) is 5.82 Å². The second-order valence-corrected chi connectivity index (χ2v) is 4.30. The van der Waals surface area contributed by atoms with Gasteiger partial charge in [-0.1, -0.05) is 35.0 Å². The fraction of sp³-hybridized carbons (Fsp3) is 0.333. The minimum atomic E-state index is -0.204. The van der Waals surface area contributed by atoms with Crippen LogP contribution in [0.3, 0.4) is 0 Å². The number of benzene rings is 1. The lowest BCUT2D eigenvalue weighted by Gasteiger charge is -2.07. The lowest BCUT2D eigenvalue weighted by molar-refractivity contribution is 0.621. The zero-order chi connectivity index (χ0) is 11.3. The minimum absolute atomic E-state index is 0.204. The summed E-state index contributed by atoms with van der Waals surface area (Å²) in [6.45, 7) is 7.39. The lowest BCUT2D eigenvalue weighted by Crippen LogP contribution is -2.16. The summed E-state index contributed by atoms with van der Waals surface area (Å²) in [6.07, 6.45) is 0.970. The van der Waals surface area contributed by atoms with E-state index in [4.69, 9.17) is 0 Å². The van der Waals surface area contributed by atoms with Crippen molar-refractivity contribution in [2.45, 2.75) is 19.9 Å². The predicted octanol–water partition coefficient (Wildman–Crippen LogP) is 3.64. The lowest BCUT2D eigenvalue weighted by atomic mass is 10.2. The van der Waals surface area contributed by atoms with Crippen LogP contribution >= 0.6 is 15.9 Å². The van der Waals surface area contributed by atoms with Crippen molar-refractivity contribution in [3.63, 3.8) is 0 Å². The number of rotatable bonds is 5. The molecule has 0 bridgehead atoms. The van der Waals surface area contributed by atoms with E-state index in [2.05, 4.69) is 34.7 Å². The molecule has 0 aliphatic heterocycles. The summed E-state index contributed by atoms with van der Waals surface area (Å²) >= 11 is 3.39. The first-order valence-electron chi connectivity index (χ1n) is 4.94. The second-order valence-electron chi connectivity index (χ2n) is 3.44.